The van der Waals surface area contributed by atoms with E-state index in [0.29, 0.717) is 0 Å². The fourth-order valence-corrected chi connectivity index (χ4v) is 3.16. The van der Waals surface area contributed by atoms with Gasteiger partial charge in [0.25, 0.3) is 0 Å². The molecule has 0 saturated carbocycles. The number of hydrogen-bond donors (Lipinski definition) is 1. The van der Waals surface area contributed by atoms with Crippen molar-refractivity contribution in [2.75, 3.05) is 13.1 Å². The summed E-state index contributed by atoms with van der Waals surface area (Å²) in [5.74, 6) is -0.138. The van der Waals surface area contributed by atoms with Crippen LogP contribution in [0.4, 0.5) is 4.39 Å². The SMILES string of the molecule is CCC1(CC)CN(Cc2cc(F)ccc2C)C(C)(C)CN1. The normalized spacial score (nSPS) is 21.4. The molecule has 1 aliphatic heterocycles. The van der Waals surface area contributed by atoms with Gasteiger partial charge in [-0.05, 0) is 56.9 Å². The van der Waals surface area contributed by atoms with Crippen LogP contribution in [0.2, 0.25) is 0 Å². The van der Waals surface area contributed by atoms with Crippen molar-refractivity contribution in [3.8, 4) is 0 Å². The Morgan fingerprint density at radius 2 is 1.90 bits per heavy atom. The molecule has 2 nitrogen and oxygen atoms in total. The van der Waals surface area contributed by atoms with E-state index in [0.717, 1.165) is 38.0 Å². The number of piperazine rings is 1. The van der Waals surface area contributed by atoms with E-state index in [4.69, 9.17) is 0 Å². The highest BCUT2D eigenvalue weighted by atomic mass is 19.1. The van der Waals surface area contributed by atoms with Gasteiger partial charge in [-0.2, -0.15) is 0 Å². The van der Waals surface area contributed by atoms with E-state index in [9.17, 15) is 4.39 Å². The molecule has 0 aromatic heterocycles. The Hall–Kier alpha value is -0.930. The number of halogens is 1. The molecular weight excluding hydrogens is 263 g/mol. The summed E-state index contributed by atoms with van der Waals surface area (Å²) >= 11 is 0. The van der Waals surface area contributed by atoms with E-state index in [-0.39, 0.29) is 16.9 Å². The monoisotopic (exact) mass is 292 g/mol. The van der Waals surface area contributed by atoms with Crippen LogP contribution in [0, 0.1) is 12.7 Å². The molecule has 1 heterocycles. The first kappa shape index (κ1) is 16.4. The first-order valence-corrected chi connectivity index (χ1v) is 8.07. The Bertz CT molecular complexity index is 492. The van der Waals surface area contributed by atoms with Gasteiger partial charge in [0, 0.05) is 30.7 Å². The largest absolute Gasteiger partial charge is 0.308 e. The topological polar surface area (TPSA) is 15.3 Å². The Kier molecular flexibility index (Phi) is 4.74. The summed E-state index contributed by atoms with van der Waals surface area (Å²) in [6.07, 6.45) is 2.25. The molecular formula is C18H29FN2. The molecule has 1 N–H and O–H groups in total. The van der Waals surface area contributed by atoms with Gasteiger partial charge >= 0.3 is 0 Å². The molecule has 0 aliphatic carbocycles. The lowest BCUT2D eigenvalue weighted by Gasteiger charge is -2.52. The van der Waals surface area contributed by atoms with Crippen LogP contribution in [0.5, 0.6) is 0 Å². The molecule has 1 aliphatic rings. The Morgan fingerprint density at radius 3 is 2.52 bits per heavy atom. The molecule has 0 spiro atoms. The quantitative estimate of drug-likeness (QED) is 0.906. The summed E-state index contributed by atoms with van der Waals surface area (Å²) in [6, 6.07) is 5.11. The van der Waals surface area contributed by atoms with Crippen LogP contribution in [0.15, 0.2) is 18.2 Å². The van der Waals surface area contributed by atoms with Gasteiger partial charge in [-0.25, -0.2) is 4.39 Å². The fourth-order valence-electron chi connectivity index (χ4n) is 3.16. The van der Waals surface area contributed by atoms with Crippen LogP contribution in [-0.2, 0) is 6.54 Å². The van der Waals surface area contributed by atoms with Gasteiger partial charge in [0.1, 0.15) is 5.82 Å². The zero-order chi connectivity index (χ0) is 15.7. The van der Waals surface area contributed by atoms with Gasteiger partial charge < -0.3 is 5.32 Å². The molecule has 0 bridgehead atoms. The van der Waals surface area contributed by atoms with Crippen molar-refractivity contribution in [2.45, 2.75) is 65.1 Å². The minimum atomic E-state index is -0.138. The number of aryl methyl sites for hydroxylation is 1. The third-order valence-corrected chi connectivity index (χ3v) is 5.27. The predicted molar refractivity (Wildman–Crippen MR) is 86.9 cm³/mol. The number of rotatable bonds is 4. The second-order valence-electron chi connectivity index (χ2n) is 7.08. The van der Waals surface area contributed by atoms with Crippen LogP contribution in [0.1, 0.15) is 51.7 Å². The van der Waals surface area contributed by atoms with E-state index in [1.54, 1.807) is 12.1 Å². The average molecular weight is 292 g/mol. The Labute approximate surface area is 128 Å². The van der Waals surface area contributed by atoms with Crippen molar-refractivity contribution in [3.63, 3.8) is 0 Å². The lowest BCUT2D eigenvalue weighted by atomic mass is 9.84. The summed E-state index contributed by atoms with van der Waals surface area (Å²) in [6.45, 7) is 13.9. The van der Waals surface area contributed by atoms with Gasteiger partial charge in [-0.3, -0.25) is 4.90 Å². The summed E-state index contributed by atoms with van der Waals surface area (Å²) in [5.41, 5.74) is 2.55. The highest BCUT2D eigenvalue weighted by Crippen LogP contribution is 2.30. The van der Waals surface area contributed by atoms with Crippen LogP contribution < -0.4 is 5.32 Å². The third kappa shape index (κ3) is 3.46. The molecule has 1 fully saturated rings. The maximum Gasteiger partial charge on any atom is 0.123 e. The number of benzene rings is 1. The summed E-state index contributed by atoms with van der Waals surface area (Å²) in [5, 5.41) is 3.75. The van der Waals surface area contributed by atoms with Crippen molar-refractivity contribution in [1.82, 2.24) is 10.2 Å². The van der Waals surface area contributed by atoms with Crippen LogP contribution in [-0.4, -0.2) is 29.1 Å². The molecule has 2 rings (SSSR count). The molecule has 0 amide bonds. The maximum atomic E-state index is 13.5. The fraction of sp³-hybridized carbons (Fsp3) is 0.667. The highest BCUT2D eigenvalue weighted by Gasteiger charge is 2.40. The molecule has 0 atom stereocenters. The van der Waals surface area contributed by atoms with Crippen molar-refractivity contribution in [2.24, 2.45) is 0 Å². The van der Waals surface area contributed by atoms with Gasteiger partial charge in [0.15, 0.2) is 0 Å². The molecule has 1 aromatic rings. The third-order valence-electron chi connectivity index (χ3n) is 5.27. The van der Waals surface area contributed by atoms with Gasteiger partial charge in [-0.1, -0.05) is 19.9 Å². The van der Waals surface area contributed by atoms with Crippen LogP contribution in [0.25, 0.3) is 0 Å². The zero-order valence-electron chi connectivity index (χ0n) is 14.1. The molecule has 1 saturated heterocycles. The minimum Gasteiger partial charge on any atom is -0.308 e. The van der Waals surface area contributed by atoms with Crippen molar-refractivity contribution in [3.05, 3.63) is 35.1 Å². The molecule has 3 heteroatoms. The molecule has 118 valence electrons. The van der Waals surface area contributed by atoms with Gasteiger partial charge in [0.2, 0.25) is 0 Å². The minimum absolute atomic E-state index is 0.0899. The zero-order valence-corrected chi connectivity index (χ0v) is 14.1. The Morgan fingerprint density at radius 1 is 1.24 bits per heavy atom. The molecule has 0 unspecified atom stereocenters. The second-order valence-corrected chi connectivity index (χ2v) is 7.08. The molecule has 1 aromatic carbocycles. The van der Waals surface area contributed by atoms with Crippen molar-refractivity contribution >= 4 is 0 Å². The van der Waals surface area contributed by atoms with Crippen LogP contribution in [0.3, 0.4) is 0 Å². The molecule has 21 heavy (non-hydrogen) atoms. The van der Waals surface area contributed by atoms with E-state index in [1.165, 1.54) is 5.56 Å². The number of nitrogens with one attached hydrogen (secondary N) is 1. The molecule has 0 radical (unpaired) electrons. The van der Waals surface area contributed by atoms with Crippen molar-refractivity contribution in [1.29, 1.82) is 0 Å². The van der Waals surface area contributed by atoms with E-state index < -0.39 is 0 Å². The van der Waals surface area contributed by atoms with E-state index >= 15 is 0 Å². The second kappa shape index (κ2) is 6.05. The number of nitrogens with zero attached hydrogens (tertiary/aromatic N) is 1. The summed E-state index contributed by atoms with van der Waals surface area (Å²) in [7, 11) is 0. The standard InChI is InChI=1S/C18H29FN2/c1-6-18(7-2)13-21(17(4,5)12-20-18)11-15-10-16(19)9-8-14(15)3/h8-10,20H,6-7,11-13H2,1-5H3. The lowest BCUT2D eigenvalue weighted by Crippen LogP contribution is -2.67. The average Bonchev–Trinajstić information content (AvgIpc) is 2.45. The Balaban J connectivity index is 2.24. The van der Waals surface area contributed by atoms with E-state index in [1.807, 2.05) is 6.07 Å². The summed E-state index contributed by atoms with van der Waals surface area (Å²) in [4.78, 5) is 2.51. The van der Waals surface area contributed by atoms with Crippen LogP contribution >= 0.6 is 0 Å². The first-order chi connectivity index (χ1) is 9.82. The maximum absolute atomic E-state index is 13.5. The van der Waals surface area contributed by atoms with Gasteiger partial charge in [-0.15, -0.1) is 0 Å². The van der Waals surface area contributed by atoms with E-state index in [2.05, 4.69) is 44.8 Å². The predicted octanol–water partition coefficient (Wildman–Crippen LogP) is 3.88. The van der Waals surface area contributed by atoms with Crippen molar-refractivity contribution < 1.29 is 4.39 Å². The highest BCUT2D eigenvalue weighted by molar-refractivity contribution is 5.27. The summed E-state index contributed by atoms with van der Waals surface area (Å²) < 4.78 is 13.5. The lowest BCUT2D eigenvalue weighted by molar-refractivity contribution is 0.0160. The van der Waals surface area contributed by atoms with Gasteiger partial charge in [0.05, 0.1) is 0 Å². The first-order valence-electron chi connectivity index (χ1n) is 8.07. The number of hydrogen-bond acceptors (Lipinski definition) is 2. The smallest absolute Gasteiger partial charge is 0.123 e.